The molecule has 158 valence electrons. The van der Waals surface area contributed by atoms with Crippen molar-refractivity contribution in [3.8, 4) is 0 Å². The summed E-state index contributed by atoms with van der Waals surface area (Å²) in [5, 5.41) is 0. The first-order chi connectivity index (χ1) is 14.7. The Morgan fingerprint density at radius 2 is 1.77 bits per heavy atom. The monoisotopic (exact) mass is 406 g/mol. The number of hydrogen-bond acceptors (Lipinski definition) is 4. The van der Waals surface area contributed by atoms with E-state index in [0.717, 1.165) is 43.0 Å². The molecule has 0 spiro atoms. The van der Waals surface area contributed by atoms with Gasteiger partial charge in [-0.15, -0.1) is 0 Å². The summed E-state index contributed by atoms with van der Waals surface area (Å²) >= 11 is 0. The molecule has 0 aromatic heterocycles. The second kappa shape index (κ2) is 8.40. The molecule has 2 aromatic carbocycles. The molecule has 1 aliphatic carbocycles. The molecular weight excluding hydrogens is 376 g/mol. The predicted molar refractivity (Wildman–Crippen MR) is 117 cm³/mol. The topological polar surface area (TPSA) is 42.0 Å². The fraction of sp³-hybridized carbons (Fsp3) is 0.480. The van der Waals surface area contributed by atoms with Gasteiger partial charge in [0.2, 0.25) is 0 Å². The van der Waals surface area contributed by atoms with Crippen LogP contribution in [-0.2, 0) is 9.47 Å². The molecule has 0 radical (unpaired) electrons. The van der Waals surface area contributed by atoms with Gasteiger partial charge in [0.25, 0.3) is 5.91 Å². The molecule has 1 saturated carbocycles. The molecule has 0 unspecified atom stereocenters. The third-order valence-corrected chi connectivity index (χ3v) is 6.53. The van der Waals surface area contributed by atoms with Crippen LogP contribution in [0, 0.1) is 12.8 Å². The van der Waals surface area contributed by atoms with Gasteiger partial charge >= 0.3 is 0 Å². The maximum Gasteiger partial charge on any atom is 0.254 e. The molecule has 0 N–H and O–H groups in total. The lowest BCUT2D eigenvalue weighted by Gasteiger charge is -2.39. The minimum absolute atomic E-state index is 0.0526. The lowest BCUT2D eigenvalue weighted by atomic mass is 10.0. The Morgan fingerprint density at radius 3 is 2.47 bits per heavy atom. The second-order valence-corrected chi connectivity index (χ2v) is 8.72. The minimum Gasteiger partial charge on any atom is -0.378 e. The first kappa shape index (κ1) is 19.6. The van der Waals surface area contributed by atoms with E-state index < -0.39 is 0 Å². The summed E-state index contributed by atoms with van der Waals surface area (Å²) in [5.41, 5.74) is 4.27. The van der Waals surface area contributed by atoms with Crippen LogP contribution in [0.5, 0.6) is 0 Å². The summed E-state index contributed by atoms with van der Waals surface area (Å²) in [7, 11) is 0. The highest BCUT2D eigenvalue weighted by molar-refractivity contribution is 5.95. The van der Waals surface area contributed by atoms with Crippen molar-refractivity contribution < 1.29 is 14.3 Å². The molecular formula is C25H30N2O3. The van der Waals surface area contributed by atoms with Crippen molar-refractivity contribution in [1.29, 1.82) is 0 Å². The number of ether oxygens (including phenoxy) is 2. The van der Waals surface area contributed by atoms with Gasteiger partial charge in [0.05, 0.1) is 25.9 Å². The molecule has 2 aliphatic heterocycles. The van der Waals surface area contributed by atoms with Crippen LogP contribution in [-0.4, -0.2) is 56.3 Å². The zero-order chi connectivity index (χ0) is 20.5. The van der Waals surface area contributed by atoms with Gasteiger partial charge in [-0.25, -0.2) is 0 Å². The number of carbonyl (C=O) groups is 1. The summed E-state index contributed by atoms with van der Waals surface area (Å²) in [6.07, 6.45) is 2.51. The van der Waals surface area contributed by atoms with Crippen LogP contribution in [0.2, 0.25) is 0 Å². The molecule has 2 atom stereocenters. The summed E-state index contributed by atoms with van der Waals surface area (Å²) < 4.78 is 11.9. The SMILES string of the molecule is Cc1cc(C(=O)N2C[C@@H](c3ccccc3)O[C@@H](C3CC3)C2)ccc1N1CCOCC1. The number of carbonyl (C=O) groups excluding carboxylic acids is 1. The second-order valence-electron chi connectivity index (χ2n) is 8.72. The van der Waals surface area contributed by atoms with Crippen LogP contribution in [0.4, 0.5) is 5.69 Å². The van der Waals surface area contributed by atoms with E-state index in [4.69, 9.17) is 9.47 Å². The smallest absolute Gasteiger partial charge is 0.254 e. The number of aryl methyl sites for hydroxylation is 1. The quantitative estimate of drug-likeness (QED) is 0.774. The third kappa shape index (κ3) is 4.09. The van der Waals surface area contributed by atoms with Crippen LogP contribution in [0.3, 0.4) is 0 Å². The molecule has 0 bridgehead atoms. The van der Waals surface area contributed by atoms with E-state index in [2.05, 4.69) is 30.0 Å². The summed E-state index contributed by atoms with van der Waals surface area (Å²) in [6.45, 7) is 6.72. The number of morpholine rings is 2. The number of anilines is 1. The van der Waals surface area contributed by atoms with E-state index in [9.17, 15) is 4.79 Å². The van der Waals surface area contributed by atoms with Crippen molar-refractivity contribution >= 4 is 11.6 Å². The molecule has 2 aromatic rings. The third-order valence-electron chi connectivity index (χ3n) is 6.53. The first-order valence-electron chi connectivity index (χ1n) is 11.1. The standard InChI is InChI=1S/C25H30N2O3/c1-18-15-21(9-10-22(18)26-11-13-29-14-12-26)25(28)27-16-23(19-5-3-2-4-6-19)30-24(17-27)20-7-8-20/h2-6,9-10,15,20,23-24H,7-8,11-14,16-17H2,1H3/t23-,24+/m0/s1. The highest BCUT2D eigenvalue weighted by Crippen LogP contribution is 2.39. The van der Waals surface area contributed by atoms with Crippen LogP contribution >= 0.6 is 0 Å². The summed E-state index contributed by atoms with van der Waals surface area (Å²) in [4.78, 5) is 17.8. The van der Waals surface area contributed by atoms with E-state index in [1.54, 1.807) is 0 Å². The summed E-state index contributed by atoms with van der Waals surface area (Å²) in [5.74, 6) is 0.707. The van der Waals surface area contributed by atoms with Crippen LogP contribution in [0.15, 0.2) is 48.5 Å². The Morgan fingerprint density at radius 1 is 1.00 bits per heavy atom. The van der Waals surface area contributed by atoms with Gasteiger partial charge in [0.15, 0.2) is 0 Å². The zero-order valence-corrected chi connectivity index (χ0v) is 17.6. The van der Waals surface area contributed by atoms with Crippen LogP contribution < -0.4 is 4.90 Å². The zero-order valence-electron chi connectivity index (χ0n) is 17.6. The number of nitrogens with zero attached hydrogens (tertiary/aromatic N) is 2. The summed E-state index contributed by atoms with van der Waals surface area (Å²) in [6, 6.07) is 16.4. The van der Waals surface area contributed by atoms with Crippen LogP contribution in [0.25, 0.3) is 0 Å². The van der Waals surface area contributed by atoms with Crippen molar-refractivity contribution in [1.82, 2.24) is 4.90 Å². The van der Waals surface area contributed by atoms with E-state index >= 15 is 0 Å². The van der Waals surface area contributed by atoms with Gasteiger partial charge < -0.3 is 19.3 Å². The van der Waals surface area contributed by atoms with Gasteiger partial charge in [0.1, 0.15) is 6.10 Å². The van der Waals surface area contributed by atoms with Crippen molar-refractivity contribution in [2.45, 2.75) is 32.0 Å². The van der Waals surface area contributed by atoms with E-state index in [1.165, 1.54) is 18.5 Å². The molecule has 2 saturated heterocycles. The fourth-order valence-electron chi connectivity index (χ4n) is 4.66. The Kier molecular flexibility index (Phi) is 5.48. The molecule has 5 heteroatoms. The maximum absolute atomic E-state index is 13.4. The molecule has 5 rings (SSSR count). The Bertz CT molecular complexity index is 891. The Labute approximate surface area is 178 Å². The van der Waals surface area contributed by atoms with Crippen molar-refractivity contribution in [2.75, 3.05) is 44.3 Å². The highest BCUT2D eigenvalue weighted by Gasteiger charge is 2.40. The van der Waals surface area contributed by atoms with Crippen LogP contribution in [0.1, 0.15) is 40.4 Å². The molecule has 30 heavy (non-hydrogen) atoms. The Balaban J connectivity index is 1.35. The molecule has 3 aliphatic rings. The van der Waals surface area contributed by atoms with Gasteiger partial charge in [0, 0.05) is 30.9 Å². The number of hydrogen-bond donors (Lipinski definition) is 0. The highest BCUT2D eigenvalue weighted by atomic mass is 16.5. The molecule has 1 amide bonds. The Hall–Kier alpha value is -2.37. The molecule has 3 fully saturated rings. The van der Waals surface area contributed by atoms with Gasteiger partial charge in [-0.2, -0.15) is 0 Å². The molecule has 2 heterocycles. The lowest BCUT2D eigenvalue weighted by Crippen LogP contribution is -2.47. The van der Waals surface area contributed by atoms with E-state index in [1.807, 2.05) is 35.2 Å². The maximum atomic E-state index is 13.4. The van der Waals surface area contributed by atoms with Gasteiger partial charge in [-0.3, -0.25) is 4.79 Å². The van der Waals surface area contributed by atoms with Crippen molar-refractivity contribution in [3.63, 3.8) is 0 Å². The first-order valence-corrected chi connectivity index (χ1v) is 11.1. The normalized spacial score (nSPS) is 24.7. The largest absolute Gasteiger partial charge is 0.378 e. The average molecular weight is 407 g/mol. The number of amides is 1. The number of benzene rings is 2. The van der Waals surface area contributed by atoms with Gasteiger partial charge in [-0.05, 0) is 55.0 Å². The average Bonchev–Trinajstić information content (AvgIpc) is 3.65. The van der Waals surface area contributed by atoms with E-state index in [0.29, 0.717) is 19.0 Å². The number of rotatable bonds is 4. The minimum atomic E-state index is -0.0526. The van der Waals surface area contributed by atoms with Crippen molar-refractivity contribution in [2.24, 2.45) is 5.92 Å². The van der Waals surface area contributed by atoms with Crippen molar-refractivity contribution in [3.05, 3.63) is 65.2 Å². The van der Waals surface area contributed by atoms with E-state index in [-0.39, 0.29) is 18.1 Å². The lowest BCUT2D eigenvalue weighted by molar-refractivity contribution is -0.0864. The van der Waals surface area contributed by atoms with Gasteiger partial charge in [-0.1, -0.05) is 30.3 Å². The fourth-order valence-corrected chi connectivity index (χ4v) is 4.66. The molecule has 5 nitrogen and oxygen atoms in total. The predicted octanol–water partition coefficient (Wildman–Crippen LogP) is 3.82.